The first-order chi connectivity index (χ1) is 8.28. The Hall–Kier alpha value is -1.18. The van der Waals surface area contributed by atoms with E-state index in [9.17, 15) is 9.59 Å². The van der Waals surface area contributed by atoms with Gasteiger partial charge in [0.05, 0.1) is 0 Å². The molecule has 2 aliphatic rings. The van der Waals surface area contributed by atoms with E-state index >= 15 is 0 Å². The summed E-state index contributed by atoms with van der Waals surface area (Å²) in [4.78, 5) is 22.0. The molecule has 0 radical (unpaired) electrons. The Morgan fingerprint density at radius 3 is 2.22 bits per heavy atom. The van der Waals surface area contributed by atoms with Crippen molar-refractivity contribution in [1.29, 1.82) is 0 Å². The van der Waals surface area contributed by atoms with Crippen LogP contribution in [-0.4, -0.2) is 42.5 Å². The van der Waals surface area contributed by atoms with Gasteiger partial charge in [0, 0.05) is 13.8 Å². The summed E-state index contributed by atoms with van der Waals surface area (Å²) in [6.45, 7) is 5.95. The molecule has 18 heavy (non-hydrogen) atoms. The first-order valence-electron chi connectivity index (χ1n) is 5.64. The fraction of sp³-hybridized carbons (Fsp3) is 0.818. The smallest absolute Gasteiger partial charge is 0.305 e. The number of carbonyl (C=O) groups is 2. The number of esters is 2. The molecule has 2 aliphatic heterocycles. The molecule has 0 aromatic heterocycles. The van der Waals surface area contributed by atoms with Crippen LogP contribution < -0.4 is 0 Å². The van der Waals surface area contributed by atoms with E-state index in [0.717, 1.165) is 0 Å². The Morgan fingerprint density at radius 2 is 1.67 bits per heavy atom. The van der Waals surface area contributed by atoms with E-state index in [0.29, 0.717) is 0 Å². The van der Waals surface area contributed by atoms with E-state index in [-0.39, 0.29) is 0 Å². The Bertz CT molecular complexity index is 364. The molecule has 0 saturated carbocycles. The van der Waals surface area contributed by atoms with Crippen molar-refractivity contribution in [3.63, 3.8) is 0 Å². The van der Waals surface area contributed by atoms with Gasteiger partial charge >= 0.3 is 11.9 Å². The number of hydrogen-bond donors (Lipinski definition) is 0. The van der Waals surface area contributed by atoms with Crippen molar-refractivity contribution in [1.82, 2.24) is 0 Å². The summed E-state index contributed by atoms with van der Waals surface area (Å²) in [6, 6.07) is 0. The van der Waals surface area contributed by atoms with E-state index < -0.39 is 42.5 Å². The third kappa shape index (κ3) is 2.63. The van der Waals surface area contributed by atoms with Crippen molar-refractivity contribution in [3.8, 4) is 0 Å². The standard InChI is InChI=1S/C11H16O7/c1-5(12)14-7-8-10(18-11(3,4)17-8)16-9(7)15-6(2)13/h7-10H,1-4H3/t7-,8?,9+,10+/m1/s1. The van der Waals surface area contributed by atoms with Crippen molar-refractivity contribution < 1.29 is 33.3 Å². The lowest BCUT2D eigenvalue weighted by Gasteiger charge is -2.24. The molecular formula is C11H16O7. The molecule has 2 fully saturated rings. The largest absolute Gasteiger partial charge is 0.453 e. The highest BCUT2D eigenvalue weighted by Crippen LogP contribution is 2.39. The second-order valence-electron chi connectivity index (χ2n) is 4.66. The van der Waals surface area contributed by atoms with Gasteiger partial charge in [0.2, 0.25) is 6.29 Å². The van der Waals surface area contributed by atoms with E-state index in [4.69, 9.17) is 23.7 Å². The van der Waals surface area contributed by atoms with Crippen LogP contribution in [0.2, 0.25) is 0 Å². The zero-order valence-electron chi connectivity index (χ0n) is 10.7. The second-order valence-corrected chi connectivity index (χ2v) is 4.66. The predicted octanol–water partition coefficient (Wildman–Crippen LogP) is 0.315. The molecule has 2 rings (SSSR count). The number of rotatable bonds is 2. The van der Waals surface area contributed by atoms with Gasteiger partial charge in [0.1, 0.15) is 0 Å². The zero-order valence-corrected chi connectivity index (χ0v) is 10.7. The highest BCUT2D eigenvalue weighted by Gasteiger charge is 2.57. The summed E-state index contributed by atoms with van der Waals surface area (Å²) in [6.07, 6.45) is -3.14. The third-order valence-electron chi connectivity index (χ3n) is 2.53. The van der Waals surface area contributed by atoms with Crippen LogP contribution in [0.5, 0.6) is 0 Å². The van der Waals surface area contributed by atoms with Crippen LogP contribution in [0.1, 0.15) is 27.7 Å². The van der Waals surface area contributed by atoms with Gasteiger partial charge in [0.25, 0.3) is 0 Å². The van der Waals surface area contributed by atoms with Crippen LogP contribution >= 0.6 is 0 Å². The summed E-state index contributed by atoms with van der Waals surface area (Å²) in [7, 11) is 0. The van der Waals surface area contributed by atoms with Crippen LogP contribution in [0, 0.1) is 0 Å². The fourth-order valence-corrected chi connectivity index (χ4v) is 2.02. The molecule has 0 aromatic carbocycles. The molecule has 7 nitrogen and oxygen atoms in total. The van der Waals surface area contributed by atoms with Crippen LogP contribution in [0.3, 0.4) is 0 Å². The van der Waals surface area contributed by atoms with Crippen LogP contribution in [0.4, 0.5) is 0 Å². The minimum absolute atomic E-state index is 0.505. The molecule has 0 N–H and O–H groups in total. The average Bonchev–Trinajstić information content (AvgIpc) is 2.60. The maximum Gasteiger partial charge on any atom is 0.305 e. The van der Waals surface area contributed by atoms with Gasteiger partial charge in [-0.15, -0.1) is 0 Å². The van der Waals surface area contributed by atoms with Crippen LogP contribution in [0.25, 0.3) is 0 Å². The molecule has 2 saturated heterocycles. The highest BCUT2D eigenvalue weighted by molar-refractivity contribution is 5.67. The molecule has 4 atom stereocenters. The lowest BCUT2D eigenvalue weighted by Crippen LogP contribution is -2.39. The van der Waals surface area contributed by atoms with Crippen LogP contribution in [-0.2, 0) is 33.3 Å². The number of fused-ring (bicyclic) bond motifs is 1. The Balaban J connectivity index is 2.12. The maximum absolute atomic E-state index is 11.1. The first kappa shape index (κ1) is 13.3. The summed E-state index contributed by atoms with van der Waals surface area (Å²) in [5.41, 5.74) is 0. The average molecular weight is 260 g/mol. The Labute approximate surface area is 104 Å². The molecule has 102 valence electrons. The maximum atomic E-state index is 11.1. The van der Waals surface area contributed by atoms with Crippen molar-refractivity contribution >= 4 is 11.9 Å². The van der Waals surface area contributed by atoms with Gasteiger partial charge in [0.15, 0.2) is 24.3 Å². The number of ether oxygens (including phenoxy) is 5. The molecule has 0 bridgehead atoms. The van der Waals surface area contributed by atoms with Gasteiger partial charge in [-0.05, 0) is 13.8 Å². The van der Waals surface area contributed by atoms with Crippen molar-refractivity contribution in [3.05, 3.63) is 0 Å². The molecule has 7 heteroatoms. The lowest BCUT2D eigenvalue weighted by molar-refractivity contribution is -0.258. The van der Waals surface area contributed by atoms with E-state index in [1.807, 2.05) is 0 Å². The molecule has 1 unspecified atom stereocenters. The van der Waals surface area contributed by atoms with Gasteiger partial charge < -0.3 is 23.7 Å². The Kier molecular flexibility index (Phi) is 3.31. The summed E-state index contributed by atoms with van der Waals surface area (Å²) < 4.78 is 26.4. The highest BCUT2D eigenvalue weighted by atomic mass is 16.9. The van der Waals surface area contributed by atoms with E-state index in [1.165, 1.54) is 13.8 Å². The molecule has 0 amide bonds. The SMILES string of the molecule is CC(=O)O[C@H]1O[C@H]2OC(C)(C)OC2[C@H]1OC(C)=O. The second kappa shape index (κ2) is 4.49. The van der Waals surface area contributed by atoms with E-state index in [1.54, 1.807) is 13.8 Å². The topological polar surface area (TPSA) is 80.3 Å². The number of carbonyl (C=O) groups excluding carboxylic acids is 2. The minimum Gasteiger partial charge on any atom is -0.453 e. The summed E-state index contributed by atoms with van der Waals surface area (Å²) in [5, 5.41) is 0. The number of hydrogen-bond acceptors (Lipinski definition) is 7. The normalized spacial score (nSPS) is 37.1. The van der Waals surface area contributed by atoms with Crippen molar-refractivity contribution in [2.24, 2.45) is 0 Å². The molecule has 2 heterocycles. The third-order valence-corrected chi connectivity index (χ3v) is 2.53. The van der Waals surface area contributed by atoms with Crippen molar-refractivity contribution in [2.45, 2.75) is 58.3 Å². The molecule has 0 spiro atoms. The lowest BCUT2D eigenvalue weighted by atomic mass is 10.2. The van der Waals surface area contributed by atoms with Gasteiger partial charge in [-0.2, -0.15) is 0 Å². The molecular weight excluding hydrogens is 244 g/mol. The van der Waals surface area contributed by atoms with Gasteiger partial charge in [-0.3, -0.25) is 9.59 Å². The molecule has 0 aliphatic carbocycles. The van der Waals surface area contributed by atoms with Gasteiger partial charge in [-0.25, -0.2) is 0 Å². The summed E-state index contributed by atoms with van der Waals surface area (Å²) in [5.74, 6) is -1.86. The first-order valence-corrected chi connectivity index (χ1v) is 5.64. The molecule has 0 aromatic rings. The zero-order chi connectivity index (χ0) is 13.5. The quantitative estimate of drug-likeness (QED) is 0.661. The van der Waals surface area contributed by atoms with Gasteiger partial charge in [-0.1, -0.05) is 0 Å². The minimum atomic E-state index is -1.00. The summed E-state index contributed by atoms with van der Waals surface area (Å²) >= 11 is 0. The Morgan fingerprint density at radius 1 is 1.06 bits per heavy atom. The van der Waals surface area contributed by atoms with Crippen molar-refractivity contribution in [2.75, 3.05) is 0 Å². The van der Waals surface area contributed by atoms with E-state index in [2.05, 4.69) is 0 Å². The monoisotopic (exact) mass is 260 g/mol. The van der Waals surface area contributed by atoms with Crippen LogP contribution in [0.15, 0.2) is 0 Å². The fourth-order valence-electron chi connectivity index (χ4n) is 2.02. The predicted molar refractivity (Wildman–Crippen MR) is 56.0 cm³/mol.